The van der Waals surface area contributed by atoms with Gasteiger partial charge in [-0.05, 0) is 55.0 Å². The van der Waals surface area contributed by atoms with Crippen LogP contribution in [0.3, 0.4) is 0 Å². The summed E-state index contributed by atoms with van der Waals surface area (Å²) in [5, 5.41) is 11.7. The first-order valence-corrected chi connectivity index (χ1v) is 12.8. The second kappa shape index (κ2) is 12.0. The fraction of sp³-hybridized carbons (Fsp3) is 0.241. The van der Waals surface area contributed by atoms with Crippen LogP contribution in [-0.4, -0.2) is 51.8 Å². The molecule has 1 heterocycles. The van der Waals surface area contributed by atoms with Crippen molar-refractivity contribution >= 4 is 46.3 Å². The Morgan fingerprint density at radius 3 is 2.10 bits per heavy atom. The van der Waals surface area contributed by atoms with Crippen molar-refractivity contribution in [3.05, 3.63) is 75.3 Å². The number of carbonyl (C=O) groups excluding carboxylic acids is 2. The number of rotatable bonds is 9. The first kappa shape index (κ1) is 28.9. The number of aliphatic hydroxyl groups excluding tert-OH is 1. The number of anilines is 1. The Hall–Kier alpha value is -4.08. The Bertz CT molecular complexity index is 1490. The molecule has 1 atom stereocenters. The summed E-state index contributed by atoms with van der Waals surface area (Å²) in [7, 11) is 5.69. The molecule has 9 nitrogen and oxygen atoms in total. The number of hydrogen-bond acceptors (Lipinski definition) is 8. The van der Waals surface area contributed by atoms with Crippen LogP contribution in [0.15, 0.2) is 54.1 Å². The molecule has 0 saturated carbocycles. The molecule has 0 bridgehead atoms. The second-order valence-electron chi connectivity index (χ2n) is 8.50. The van der Waals surface area contributed by atoms with Crippen LogP contribution in [0.1, 0.15) is 24.1 Å². The summed E-state index contributed by atoms with van der Waals surface area (Å²) in [6.45, 7) is 2.32. The molecule has 4 rings (SSSR count). The van der Waals surface area contributed by atoms with Gasteiger partial charge in [0, 0.05) is 5.69 Å². The number of benzene rings is 3. The first-order chi connectivity index (χ1) is 19.2. The van der Waals surface area contributed by atoms with Crippen molar-refractivity contribution in [3.8, 4) is 28.7 Å². The molecule has 1 aliphatic heterocycles. The molecule has 0 aromatic heterocycles. The summed E-state index contributed by atoms with van der Waals surface area (Å²) < 4.78 is 27.1. The second-order valence-corrected chi connectivity index (χ2v) is 9.28. The maximum absolute atomic E-state index is 13.6. The molecule has 210 valence electrons. The summed E-state index contributed by atoms with van der Waals surface area (Å²) >= 11 is 12.8. The normalized spacial score (nSPS) is 16.2. The molecule has 3 aromatic rings. The Balaban J connectivity index is 2.00. The third kappa shape index (κ3) is 4.98. The van der Waals surface area contributed by atoms with Crippen LogP contribution >= 0.6 is 23.2 Å². The van der Waals surface area contributed by atoms with Crippen LogP contribution in [0.25, 0.3) is 5.76 Å². The minimum atomic E-state index is -1.07. The average molecular weight is 588 g/mol. The third-order valence-electron chi connectivity index (χ3n) is 6.39. The zero-order valence-electron chi connectivity index (χ0n) is 22.4. The quantitative estimate of drug-likeness (QED) is 0.183. The maximum atomic E-state index is 13.6. The van der Waals surface area contributed by atoms with Gasteiger partial charge in [-0.3, -0.25) is 14.5 Å². The zero-order chi connectivity index (χ0) is 29.1. The van der Waals surface area contributed by atoms with Crippen LogP contribution in [0.5, 0.6) is 28.7 Å². The Labute approximate surface area is 241 Å². The molecule has 0 aliphatic carbocycles. The molecule has 1 aliphatic rings. The lowest BCUT2D eigenvalue weighted by Crippen LogP contribution is -2.29. The van der Waals surface area contributed by atoms with E-state index in [0.717, 1.165) is 0 Å². The lowest BCUT2D eigenvalue weighted by Gasteiger charge is -2.26. The number of hydrogen-bond donors (Lipinski definition) is 1. The highest BCUT2D eigenvalue weighted by Crippen LogP contribution is 2.48. The van der Waals surface area contributed by atoms with Gasteiger partial charge in [0.1, 0.15) is 16.5 Å². The zero-order valence-corrected chi connectivity index (χ0v) is 23.9. The Morgan fingerprint density at radius 2 is 1.52 bits per heavy atom. The summed E-state index contributed by atoms with van der Waals surface area (Å²) in [6, 6.07) is 11.9. The molecule has 1 amide bonds. The Kier molecular flexibility index (Phi) is 8.66. The average Bonchev–Trinajstić information content (AvgIpc) is 3.22. The summed E-state index contributed by atoms with van der Waals surface area (Å²) in [4.78, 5) is 28.5. The van der Waals surface area contributed by atoms with Gasteiger partial charge in [0.15, 0.2) is 23.0 Å². The van der Waals surface area contributed by atoms with E-state index in [1.165, 1.54) is 39.4 Å². The van der Waals surface area contributed by atoms with Crippen molar-refractivity contribution in [2.75, 3.05) is 39.9 Å². The summed E-state index contributed by atoms with van der Waals surface area (Å²) in [5.41, 5.74) is 0.675. The minimum Gasteiger partial charge on any atom is -0.507 e. The number of amides is 1. The third-order valence-corrected chi connectivity index (χ3v) is 7.01. The van der Waals surface area contributed by atoms with Gasteiger partial charge in [-0.25, -0.2) is 0 Å². The largest absolute Gasteiger partial charge is 0.507 e. The van der Waals surface area contributed by atoms with Crippen molar-refractivity contribution in [1.82, 2.24) is 0 Å². The summed E-state index contributed by atoms with van der Waals surface area (Å²) in [5.74, 6) is -0.758. The molecule has 0 spiro atoms. The van der Waals surface area contributed by atoms with E-state index in [2.05, 4.69) is 0 Å². The minimum absolute atomic E-state index is 0.00784. The van der Waals surface area contributed by atoms with E-state index in [0.29, 0.717) is 35.1 Å². The maximum Gasteiger partial charge on any atom is 0.300 e. The SMILES string of the molecule is CCOc1ccc(N2C(=O)C(=O)/C(=C(/O)c3cc(Cl)c(OC)c(Cl)c3OC)C2c2ccc(OC)c(OC)c2)cc1. The van der Waals surface area contributed by atoms with Gasteiger partial charge in [0.25, 0.3) is 11.7 Å². The fourth-order valence-electron chi connectivity index (χ4n) is 4.60. The van der Waals surface area contributed by atoms with Gasteiger partial charge >= 0.3 is 0 Å². The van der Waals surface area contributed by atoms with Crippen LogP contribution in [-0.2, 0) is 9.59 Å². The summed E-state index contributed by atoms with van der Waals surface area (Å²) in [6.07, 6.45) is 0. The molecule has 1 saturated heterocycles. The smallest absolute Gasteiger partial charge is 0.300 e. The van der Waals surface area contributed by atoms with Crippen LogP contribution in [0.2, 0.25) is 10.0 Å². The number of nitrogens with zero attached hydrogens (tertiary/aromatic N) is 1. The fourth-order valence-corrected chi connectivity index (χ4v) is 5.29. The highest BCUT2D eigenvalue weighted by atomic mass is 35.5. The number of Topliss-reactive ketones (excluding diaryl/α,β-unsaturated/α-hetero) is 1. The van der Waals surface area contributed by atoms with Crippen molar-refractivity contribution < 1.29 is 38.4 Å². The van der Waals surface area contributed by atoms with Gasteiger partial charge in [-0.2, -0.15) is 0 Å². The first-order valence-electron chi connectivity index (χ1n) is 12.1. The molecule has 3 aromatic carbocycles. The van der Waals surface area contributed by atoms with Crippen molar-refractivity contribution in [2.45, 2.75) is 13.0 Å². The van der Waals surface area contributed by atoms with Gasteiger partial charge in [-0.15, -0.1) is 0 Å². The van der Waals surface area contributed by atoms with Crippen molar-refractivity contribution in [2.24, 2.45) is 0 Å². The van der Waals surface area contributed by atoms with Crippen LogP contribution in [0.4, 0.5) is 5.69 Å². The molecular formula is C29H27Cl2NO8. The van der Waals surface area contributed by atoms with Crippen LogP contribution in [0, 0.1) is 0 Å². The number of halogens is 2. The number of aliphatic hydroxyl groups is 1. The van der Waals surface area contributed by atoms with E-state index in [1.807, 2.05) is 6.92 Å². The molecule has 1 unspecified atom stereocenters. The monoisotopic (exact) mass is 587 g/mol. The Morgan fingerprint density at radius 1 is 0.875 bits per heavy atom. The molecule has 40 heavy (non-hydrogen) atoms. The lowest BCUT2D eigenvalue weighted by atomic mass is 9.94. The molecule has 1 N–H and O–H groups in total. The van der Waals surface area contributed by atoms with E-state index in [4.69, 9.17) is 46.9 Å². The van der Waals surface area contributed by atoms with Crippen LogP contribution < -0.4 is 28.6 Å². The van der Waals surface area contributed by atoms with E-state index in [1.54, 1.807) is 42.5 Å². The van der Waals surface area contributed by atoms with Gasteiger partial charge in [0.2, 0.25) is 0 Å². The predicted octanol–water partition coefficient (Wildman–Crippen LogP) is 6.05. The number of carbonyl (C=O) groups is 2. The van der Waals surface area contributed by atoms with Gasteiger partial charge in [-0.1, -0.05) is 29.3 Å². The number of ketones is 1. The number of ether oxygens (including phenoxy) is 5. The lowest BCUT2D eigenvalue weighted by molar-refractivity contribution is -0.132. The van der Waals surface area contributed by atoms with E-state index >= 15 is 0 Å². The van der Waals surface area contributed by atoms with E-state index in [-0.39, 0.29) is 32.7 Å². The van der Waals surface area contributed by atoms with E-state index < -0.39 is 23.5 Å². The topological polar surface area (TPSA) is 104 Å². The molecule has 11 heteroatoms. The van der Waals surface area contributed by atoms with Crippen molar-refractivity contribution in [3.63, 3.8) is 0 Å². The van der Waals surface area contributed by atoms with Gasteiger partial charge in [0.05, 0.1) is 57.2 Å². The number of methoxy groups -OCH3 is 4. The highest BCUT2D eigenvalue weighted by Gasteiger charge is 2.47. The molecule has 1 fully saturated rings. The molecule has 0 radical (unpaired) electrons. The molecular weight excluding hydrogens is 561 g/mol. The predicted molar refractivity (Wildman–Crippen MR) is 152 cm³/mol. The van der Waals surface area contributed by atoms with E-state index in [9.17, 15) is 14.7 Å². The van der Waals surface area contributed by atoms with Crippen molar-refractivity contribution in [1.29, 1.82) is 0 Å². The standard InChI is InChI=1S/C29H27Cl2NO8/c1-6-40-17-10-8-16(9-11-17)32-24(15-7-12-20(36-2)21(13-15)37-3)22(26(34)29(32)35)25(33)18-14-19(30)28(39-5)23(31)27(18)38-4/h7-14,24,33H,6H2,1-5H3/b25-22+. The highest BCUT2D eigenvalue weighted by molar-refractivity contribution is 6.52. The van der Waals surface area contributed by atoms with Gasteiger partial charge < -0.3 is 28.8 Å².